The van der Waals surface area contributed by atoms with Gasteiger partial charge in [-0.3, -0.25) is 4.31 Å². The van der Waals surface area contributed by atoms with Gasteiger partial charge >= 0.3 is 0 Å². The van der Waals surface area contributed by atoms with Crippen LogP contribution in [-0.4, -0.2) is 9.08 Å². The zero-order chi connectivity index (χ0) is 18.4. The van der Waals surface area contributed by atoms with Crippen molar-refractivity contribution in [3.8, 4) is 0 Å². The summed E-state index contributed by atoms with van der Waals surface area (Å²) >= 11 is 1.88. The molecule has 0 saturated heterocycles. The van der Waals surface area contributed by atoms with Crippen molar-refractivity contribution in [1.82, 2.24) is 0 Å². The first-order valence-corrected chi connectivity index (χ1v) is 11.2. The fourth-order valence-corrected chi connectivity index (χ4v) is 7.61. The Balaban J connectivity index is 1.62. The van der Waals surface area contributed by atoms with Crippen LogP contribution in [0.2, 0.25) is 0 Å². The highest BCUT2D eigenvalue weighted by Crippen LogP contribution is 2.66. The normalized spacial score (nSPS) is 24.0. The number of aryl methyl sites for hydroxylation is 1. The monoisotopic (exact) mass is 391 g/mol. The first-order valence-electron chi connectivity index (χ1n) is 9.31. The number of para-hydroxylation sites is 1. The van der Waals surface area contributed by atoms with Crippen LogP contribution in [0, 0.1) is 6.92 Å². The number of anilines is 1. The molecule has 5 rings (SSSR count). The van der Waals surface area contributed by atoms with Crippen LogP contribution >= 0.6 is 11.8 Å². The molecular formula is C23H21NOS2. The number of benzene rings is 3. The first kappa shape index (κ1) is 17.1. The highest BCUT2D eigenvalue weighted by molar-refractivity contribution is 8.02. The summed E-state index contributed by atoms with van der Waals surface area (Å²) in [5, 5.41) is 0. The number of thioether (sulfide) groups is 1. The van der Waals surface area contributed by atoms with Gasteiger partial charge in [0.05, 0.1) is 10.6 Å². The van der Waals surface area contributed by atoms with Crippen molar-refractivity contribution in [1.29, 1.82) is 0 Å². The fraction of sp³-hybridized carbons (Fsp3) is 0.217. The molecule has 3 aromatic carbocycles. The van der Waals surface area contributed by atoms with Gasteiger partial charge in [-0.25, -0.2) is 4.21 Å². The predicted molar refractivity (Wildman–Crippen MR) is 114 cm³/mol. The minimum absolute atomic E-state index is 0.168. The van der Waals surface area contributed by atoms with E-state index >= 15 is 0 Å². The van der Waals surface area contributed by atoms with E-state index in [2.05, 4.69) is 59.8 Å². The number of hydrogen-bond acceptors (Lipinski definition) is 2. The second-order valence-corrected chi connectivity index (χ2v) is 9.99. The van der Waals surface area contributed by atoms with Crippen LogP contribution in [0.1, 0.15) is 29.9 Å². The molecule has 1 heterocycles. The number of rotatable bonds is 4. The summed E-state index contributed by atoms with van der Waals surface area (Å²) in [5.74, 6) is 0.423. The van der Waals surface area contributed by atoms with Crippen molar-refractivity contribution in [3.63, 3.8) is 0 Å². The third kappa shape index (κ3) is 2.66. The zero-order valence-electron chi connectivity index (χ0n) is 15.2. The van der Waals surface area contributed by atoms with E-state index < -0.39 is 11.0 Å². The summed E-state index contributed by atoms with van der Waals surface area (Å²) in [6.45, 7) is 2.13. The Morgan fingerprint density at radius 2 is 1.78 bits per heavy atom. The quantitative estimate of drug-likeness (QED) is 0.551. The van der Waals surface area contributed by atoms with Gasteiger partial charge in [0.1, 0.15) is 4.87 Å². The van der Waals surface area contributed by atoms with Gasteiger partial charge < -0.3 is 0 Å². The molecule has 3 aromatic rings. The Kier molecular flexibility index (Phi) is 4.14. The molecule has 0 radical (unpaired) electrons. The molecule has 0 aromatic heterocycles. The summed E-state index contributed by atoms with van der Waals surface area (Å²) in [4.78, 5) is 1.95. The lowest BCUT2D eigenvalue weighted by Crippen LogP contribution is -2.52. The third-order valence-electron chi connectivity index (χ3n) is 5.61. The smallest absolute Gasteiger partial charge is 0.154 e. The molecule has 2 nitrogen and oxygen atoms in total. The maximum atomic E-state index is 13.7. The lowest BCUT2D eigenvalue weighted by Gasteiger charge is -2.49. The van der Waals surface area contributed by atoms with Gasteiger partial charge in [-0.2, -0.15) is 0 Å². The van der Waals surface area contributed by atoms with Gasteiger partial charge in [0, 0.05) is 10.8 Å². The van der Waals surface area contributed by atoms with E-state index in [1.807, 2.05) is 42.1 Å². The molecule has 3 atom stereocenters. The Bertz CT molecular complexity index is 1020. The highest BCUT2D eigenvalue weighted by Gasteiger charge is 2.60. The third-order valence-corrected chi connectivity index (χ3v) is 8.76. The van der Waals surface area contributed by atoms with Crippen molar-refractivity contribution in [2.24, 2.45) is 0 Å². The van der Waals surface area contributed by atoms with E-state index in [1.165, 1.54) is 16.0 Å². The second-order valence-electron chi connectivity index (χ2n) is 7.27. The van der Waals surface area contributed by atoms with Crippen LogP contribution in [0.4, 0.5) is 5.69 Å². The van der Waals surface area contributed by atoms with Gasteiger partial charge in [0.15, 0.2) is 11.0 Å². The van der Waals surface area contributed by atoms with E-state index in [0.29, 0.717) is 5.92 Å². The zero-order valence-corrected chi connectivity index (χ0v) is 16.8. The molecule has 1 unspecified atom stereocenters. The molecule has 1 saturated carbocycles. The van der Waals surface area contributed by atoms with E-state index in [-0.39, 0.29) is 4.87 Å². The van der Waals surface area contributed by atoms with Crippen LogP contribution in [0.15, 0.2) is 88.7 Å². The van der Waals surface area contributed by atoms with Gasteiger partial charge in [0.25, 0.3) is 0 Å². The largest absolute Gasteiger partial charge is 0.271 e. The van der Waals surface area contributed by atoms with Crippen molar-refractivity contribution in [2.75, 3.05) is 4.31 Å². The number of fused-ring (bicyclic) bond motifs is 3. The van der Waals surface area contributed by atoms with Gasteiger partial charge in [0.2, 0.25) is 0 Å². The van der Waals surface area contributed by atoms with Crippen molar-refractivity contribution >= 4 is 28.4 Å². The van der Waals surface area contributed by atoms with Crippen LogP contribution in [0.5, 0.6) is 0 Å². The van der Waals surface area contributed by atoms with Crippen LogP contribution in [0.3, 0.4) is 0 Å². The van der Waals surface area contributed by atoms with Crippen LogP contribution in [-0.2, 0) is 11.0 Å². The van der Waals surface area contributed by atoms with Crippen LogP contribution in [0.25, 0.3) is 0 Å². The van der Waals surface area contributed by atoms with E-state index in [4.69, 9.17) is 0 Å². The summed E-state index contributed by atoms with van der Waals surface area (Å²) < 4.78 is 15.9. The Morgan fingerprint density at radius 1 is 1.00 bits per heavy atom. The van der Waals surface area contributed by atoms with Crippen molar-refractivity contribution in [3.05, 3.63) is 90.0 Å². The molecule has 0 spiro atoms. The van der Waals surface area contributed by atoms with E-state index in [0.717, 1.165) is 23.4 Å². The molecule has 0 bridgehead atoms. The average molecular weight is 392 g/mol. The predicted octanol–water partition coefficient (Wildman–Crippen LogP) is 5.90. The molecule has 2 aliphatic rings. The lowest BCUT2D eigenvalue weighted by molar-refractivity contribution is 0.335. The highest BCUT2D eigenvalue weighted by atomic mass is 32.2. The van der Waals surface area contributed by atoms with Gasteiger partial charge in [-0.05, 0) is 55.7 Å². The maximum absolute atomic E-state index is 13.7. The lowest BCUT2D eigenvalue weighted by atomic mass is 9.77. The minimum Gasteiger partial charge on any atom is -0.271 e. The molecule has 136 valence electrons. The fourth-order valence-electron chi connectivity index (χ4n) is 4.27. The Hall–Kier alpha value is -2.04. The molecule has 1 fully saturated rings. The Labute approximate surface area is 167 Å². The standard InChI is InChI=1S/C23H21NOS2/c1-17-8-7-9-18(16-17)26-23-15-14-21(23)20-12-5-6-13-22(20)24(23)27(25)19-10-3-2-4-11-19/h2-13,16,21H,14-15H2,1H3/t21-,23+,27?/m0/s1. The van der Waals surface area contributed by atoms with Gasteiger partial charge in [-0.1, -0.05) is 65.9 Å². The van der Waals surface area contributed by atoms with E-state index in [1.54, 1.807) is 0 Å². The van der Waals surface area contributed by atoms with E-state index in [9.17, 15) is 4.21 Å². The first-order chi connectivity index (χ1) is 13.2. The number of nitrogens with zero attached hydrogens (tertiary/aromatic N) is 1. The molecule has 1 aliphatic carbocycles. The molecular weight excluding hydrogens is 370 g/mol. The summed E-state index contributed by atoms with van der Waals surface area (Å²) in [6.07, 6.45) is 2.20. The number of hydrogen-bond donors (Lipinski definition) is 0. The van der Waals surface area contributed by atoms with Crippen molar-refractivity contribution < 1.29 is 4.21 Å². The SMILES string of the molecule is Cc1cccc(S[C@]23CC[C@H]2c2ccccc2N3S(=O)c2ccccc2)c1. The molecule has 4 heteroatoms. The molecule has 0 N–H and O–H groups in total. The summed E-state index contributed by atoms with van der Waals surface area (Å²) in [5.41, 5.74) is 3.73. The second kappa shape index (κ2) is 6.54. The summed E-state index contributed by atoms with van der Waals surface area (Å²) in [7, 11) is -1.23. The molecule has 0 amide bonds. The minimum atomic E-state index is -1.23. The van der Waals surface area contributed by atoms with Crippen molar-refractivity contribution in [2.45, 2.75) is 40.3 Å². The summed E-state index contributed by atoms with van der Waals surface area (Å²) in [6, 6.07) is 27.0. The Morgan fingerprint density at radius 3 is 2.52 bits per heavy atom. The average Bonchev–Trinajstić information content (AvgIpc) is 2.86. The molecule has 27 heavy (non-hydrogen) atoms. The molecule has 1 aliphatic heterocycles. The van der Waals surface area contributed by atoms with Gasteiger partial charge in [-0.15, -0.1) is 0 Å². The maximum Gasteiger partial charge on any atom is 0.154 e. The topological polar surface area (TPSA) is 20.3 Å². The van der Waals surface area contributed by atoms with Crippen LogP contribution < -0.4 is 4.31 Å².